The van der Waals surface area contributed by atoms with Crippen molar-refractivity contribution < 1.29 is 9.26 Å². The Labute approximate surface area is 144 Å². The molecule has 2 rings (SSSR count). The van der Waals surface area contributed by atoms with Crippen LogP contribution in [0, 0.1) is 18.3 Å². The summed E-state index contributed by atoms with van der Waals surface area (Å²) < 4.78 is 10.6. The monoisotopic (exact) mass is 337 g/mol. The predicted molar refractivity (Wildman–Crippen MR) is 93.8 cm³/mol. The maximum Gasteiger partial charge on any atom is 0.248 e. The summed E-state index contributed by atoms with van der Waals surface area (Å²) in [5.74, 6) is 2.71. The van der Waals surface area contributed by atoms with Gasteiger partial charge in [0.2, 0.25) is 5.89 Å². The van der Waals surface area contributed by atoms with E-state index in [1.807, 2.05) is 0 Å². The summed E-state index contributed by atoms with van der Waals surface area (Å²) in [7, 11) is 0. The van der Waals surface area contributed by atoms with Crippen LogP contribution >= 0.6 is 0 Å². The summed E-state index contributed by atoms with van der Waals surface area (Å²) in [4.78, 5) is 8.70. The molecule has 0 unspecified atom stereocenters. The van der Waals surface area contributed by atoms with Crippen LogP contribution in [0.1, 0.15) is 51.7 Å². The Kier molecular flexibility index (Phi) is 7.02. The number of hydrogen-bond acceptors (Lipinski definition) is 5. The van der Waals surface area contributed by atoms with Gasteiger partial charge in [-0.15, -0.1) is 0 Å². The number of nitrogens with one attached hydrogen (secondary N) is 2. The van der Waals surface area contributed by atoms with Crippen molar-refractivity contribution in [2.45, 2.75) is 53.5 Å². The van der Waals surface area contributed by atoms with Crippen molar-refractivity contribution in [3.8, 4) is 0 Å². The van der Waals surface area contributed by atoms with Gasteiger partial charge in [0.25, 0.3) is 0 Å². The first kappa shape index (κ1) is 18.7. The number of ether oxygens (including phenoxy) is 1. The third-order valence-corrected chi connectivity index (χ3v) is 4.20. The van der Waals surface area contributed by atoms with E-state index in [2.05, 4.69) is 46.5 Å². The summed E-state index contributed by atoms with van der Waals surface area (Å²) in [6.07, 6.45) is 3.55. The number of hydrogen-bond donors (Lipinski definition) is 2. The number of nitrogens with zero attached hydrogens (tertiary/aromatic N) is 3. The van der Waals surface area contributed by atoms with Crippen molar-refractivity contribution in [2.75, 3.05) is 26.3 Å². The van der Waals surface area contributed by atoms with Crippen molar-refractivity contribution in [1.82, 2.24) is 20.8 Å². The molecule has 0 radical (unpaired) electrons. The molecule has 136 valence electrons. The topological polar surface area (TPSA) is 84.6 Å². The second-order valence-electron chi connectivity index (χ2n) is 7.21. The van der Waals surface area contributed by atoms with Crippen LogP contribution in [-0.2, 0) is 11.3 Å². The van der Waals surface area contributed by atoms with Crippen LogP contribution in [0.15, 0.2) is 9.52 Å². The van der Waals surface area contributed by atoms with Crippen LogP contribution in [0.5, 0.6) is 0 Å². The minimum atomic E-state index is 0.208. The van der Waals surface area contributed by atoms with Crippen molar-refractivity contribution >= 4 is 5.96 Å². The molecule has 1 aromatic rings. The fourth-order valence-electron chi connectivity index (χ4n) is 3.02. The Morgan fingerprint density at radius 1 is 1.29 bits per heavy atom. The molecule has 1 saturated heterocycles. The van der Waals surface area contributed by atoms with E-state index in [1.54, 1.807) is 6.92 Å². The molecule has 0 aliphatic carbocycles. The SMILES string of the molecule is CCNC(=NCc1nc(C)no1)NCC(C)(C)CC1CCOCC1. The number of guanidine groups is 1. The zero-order valence-corrected chi connectivity index (χ0v) is 15.4. The normalized spacial score (nSPS) is 17.1. The lowest BCUT2D eigenvalue weighted by Gasteiger charge is -2.32. The van der Waals surface area contributed by atoms with Crippen LogP contribution in [-0.4, -0.2) is 42.4 Å². The lowest BCUT2D eigenvalue weighted by atomic mass is 9.80. The highest BCUT2D eigenvalue weighted by molar-refractivity contribution is 5.79. The molecule has 7 nitrogen and oxygen atoms in total. The Balaban J connectivity index is 1.84. The maximum atomic E-state index is 5.46. The van der Waals surface area contributed by atoms with Gasteiger partial charge in [0, 0.05) is 26.3 Å². The predicted octanol–water partition coefficient (Wildman–Crippen LogP) is 2.28. The van der Waals surface area contributed by atoms with Gasteiger partial charge in [0.15, 0.2) is 11.8 Å². The van der Waals surface area contributed by atoms with Gasteiger partial charge in [0.1, 0.15) is 6.54 Å². The van der Waals surface area contributed by atoms with Crippen molar-refractivity contribution in [3.05, 3.63) is 11.7 Å². The van der Waals surface area contributed by atoms with E-state index in [-0.39, 0.29) is 5.41 Å². The molecule has 2 heterocycles. The first-order valence-corrected chi connectivity index (χ1v) is 8.87. The van der Waals surface area contributed by atoms with Crippen molar-refractivity contribution in [2.24, 2.45) is 16.3 Å². The van der Waals surface area contributed by atoms with Gasteiger partial charge in [-0.05, 0) is 44.4 Å². The van der Waals surface area contributed by atoms with Gasteiger partial charge in [-0.1, -0.05) is 19.0 Å². The standard InChI is InChI=1S/C17H31N5O2/c1-5-18-16(19-11-15-21-13(2)22-24-15)20-12-17(3,4)10-14-6-8-23-9-7-14/h14H,5-12H2,1-4H3,(H2,18,19,20). The van der Waals surface area contributed by atoms with Crippen molar-refractivity contribution in [3.63, 3.8) is 0 Å². The van der Waals surface area contributed by atoms with E-state index < -0.39 is 0 Å². The minimum Gasteiger partial charge on any atom is -0.381 e. The number of rotatable bonds is 7. The van der Waals surface area contributed by atoms with Crippen LogP contribution in [0.3, 0.4) is 0 Å². The van der Waals surface area contributed by atoms with Crippen LogP contribution in [0.25, 0.3) is 0 Å². The van der Waals surface area contributed by atoms with Crippen LogP contribution in [0.2, 0.25) is 0 Å². The largest absolute Gasteiger partial charge is 0.381 e. The first-order valence-electron chi connectivity index (χ1n) is 8.87. The molecular formula is C17H31N5O2. The van der Waals surface area contributed by atoms with Crippen molar-refractivity contribution in [1.29, 1.82) is 0 Å². The highest BCUT2D eigenvalue weighted by Crippen LogP contribution is 2.30. The Hall–Kier alpha value is -1.63. The van der Waals surface area contributed by atoms with Crippen LogP contribution < -0.4 is 10.6 Å². The zero-order chi connectivity index (χ0) is 17.4. The summed E-state index contributed by atoms with van der Waals surface area (Å²) in [6, 6.07) is 0. The van der Waals surface area contributed by atoms with Gasteiger partial charge in [-0.3, -0.25) is 0 Å². The molecule has 0 saturated carbocycles. The van der Waals surface area contributed by atoms with E-state index in [0.717, 1.165) is 38.2 Å². The Morgan fingerprint density at radius 3 is 2.67 bits per heavy atom. The molecule has 0 atom stereocenters. The number of aryl methyl sites for hydroxylation is 1. The average Bonchev–Trinajstić information content (AvgIpc) is 2.96. The molecule has 24 heavy (non-hydrogen) atoms. The molecule has 2 N–H and O–H groups in total. The fraction of sp³-hybridized carbons (Fsp3) is 0.824. The lowest BCUT2D eigenvalue weighted by Crippen LogP contribution is -2.42. The molecule has 0 spiro atoms. The molecule has 0 aromatic carbocycles. The smallest absolute Gasteiger partial charge is 0.248 e. The van der Waals surface area contributed by atoms with E-state index in [4.69, 9.17) is 9.26 Å². The molecule has 1 fully saturated rings. The molecule has 1 aliphatic heterocycles. The van der Waals surface area contributed by atoms with Gasteiger partial charge in [0.05, 0.1) is 0 Å². The second-order valence-corrected chi connectivity index (χ2v) is 7.21. The molecular weight excluding hydrogens is 306 g/mol. The van der Waals surface area contributed by atoms with E-state index in [0.29, 0.717) is 18.3 Å². The minimum absolute atomic E-state index is 0.208. The molecule has 0 amide bonds. The second kappa shape index (κ2) is 9.01. The summed E-state index contributed by atoms with van der Waals surface area (Å²) in [5, 5.41) is 10.5. The van der Waals surface area contributed by atoms with Crippen LogP contribution in [0.4, 0.5) is 0 Å². The lowest BCUT2D eigenvalue weighted by molar-refractivity contribution is 0.0517. The first-order chi connectivity index (χ1) is 11.5. The highest BCUT2D eigenvalue weighted by Gasteiger charge is 2.25. The molecule has 1 aliphatic rings. The summed E-state index contributed by atoms with van der Waals surface area (Å²) in [5.41, 5.74) is 0.208. The average molecular weight is 337 g/mol. The maximum absolute atomic E-state index is 5.46. The van der Waals surface area contributed by atoms with Gasteiger partial charge in [-0.2, -0.15) is 4.98 Å². The van der Waals surface area contributed by atoms with E-state index in [1.165, 1.54) is 19.3 Å². The third-order valence-electron chi connectivity index (χ3n) is 4.20. The van der Waals surface area contributed by atoms with Gasteiger partial charge < -0.3 is 19.9 Å². The Bertz CT molecular complexity index is 521. The quantitative estimate of drug-likeness (QED) is 0.586. The summed E-state index contributed by atoms with van der Waals surface area (Å²) >= 11 is 0. The zero-order valence-electron chi connectivity index (χ0n) is 15.4. The Morgan fingerprint density at radius 2 is 2.04 bits per heavy atom. The molecule has 7 heteroatoms. The number of aliphatic imine (C=N–C) groups is 1. The van der Waals surface area contributed by atoms with Gasteiger partial charge >= 0.3 is 0 Å². The third kappa shape index (κ3) is 6.47. The number of aromatic nitrogens is 2. The highest BCUT2D eigenvalue weighted by atomic mass is 16.5. The fourth-order valence-corrected chi connectivity index (χ4v) is 3.02. The van der Waals surface area contributed by atoms with E-state index in [9.17, 15) is 0 Å². The van der Waals surface area contributed by atoms with E-state index >= 15 is 0 Å². The summed E-state index contributed by atoms with van der Waals surface area (Å²) in [6.45, 7) is 12.4. The molecule has 1 aromatic heterocycles. The molecule has 0 bridgehead atoms. The van der Waals surface area contributed by atoms with Gasteiger partial charge in [-0.25, -0.2) is 4.99 Å².